The fourth-order valence-electron chi connectivity index (χ4n) is 3.07. The SMILES string of the molecule is O=C(CCCOc1ccc(Cl)cc1Cl)Nc1ccc(-c2csc(-c3ccccc3)n2)cc1. The molecule has 0 fully saturated rings. The number of hydrogen-bond acceptors (Lipinski definition) is 4. The summed E-state index contributed by atoms with van der Waals surface area (Å²) < 4.78 is 5.61. The highest BCUT2D eigenvalue weighted by atomic mass is 35.5. The molecule has 1 N–H and O–H groups in total. The molecule has 32 heavy (non-hydrogen) atoms. The number of nitrogens with one attached hydrogen (secondary N) is 1. The van der Waals surface area contributed by atoms with E-state index in [0.29, 0.717) is 35.2 Å². The standard InChI is InChI=1S/C25H20Cl2N2O2S/c26-19-10-13-23(21(27)15-19)31-14-4-7-24(30)28-20-11-8-17(9-12-20)22-16-32-25(29-22)18-5-2-1-3-6-18/h1-3,5-6,8-13,15-16H,4,7,14H2,(H,28,30). The highest BCUT2D eigenvalue weighted by Gasteiger charge is 2.08. The third kappa shape index (κ3) is 5.88. The molecule has 0 spiro atoms. The molecule has 0 bridgehead atoms. The minimum atomic E-state index is -0.0661. The number of nitrogens with zero attached hydrogens (tertiary/aromatic N) is 1. The smallest absolute Gasteiger partial charge is 0.224 e. The van der Waals surface area contributed by atoms with Crippen LogP contribution in [0, 0.1) is 0 Å². The van der Waals surface area contributed by atoms with Gasteiger partial charge in [-0.3, -0.25) is 4.79 Å². The van der Waals surface area contributed by atoms with E-state index < -0.39 is 0 Å². The number of ether oxygens (including phenoxy) is 1. The first kappa shape index (κ1) is 22.3. The third-order valence-electron chi connectivity index (χ3n) is 4.69. The van der Waals surface area contributed by atoms with Crippen LogP contribution >= 0.6 is 34.5 Å². The summed E-state index contributed by atoms with van der Waals surface area (Å²) in [6.07, 6.45) is 0.920. The van der Waals surface area contributed by atoms with Crippen molar-refractivity contribution >= 4 is 46.1 Å². The van der Waals surface area contributed by atoms with Crippen molar-refractivity contribution in [3.05, 3.63) is 88.2 Å². The highest BCUT2D eigenvalue weighted by Crippen LogP contribution is 2.30. The van der Waals surface area contributed by atoms with E-state index in [4.69, 9.17) is 32.9 Å². The summed E-state index contributed by atoms with van der Waals surface area (Å²) in [5.41, 5.74) is 3.79. The Labute approximate surface area is 200 Å². The van der Waals surface area contributed by atoms with E-state index in [0.717, 1.165) is 27.5 Å². The molecule has 3 aromatic carbocycles. The largest absolute Gasteiger partial charge is 0.492 e. The lowest BCUT2D eigenvalue weighted by atomic mass is 10.1. The molecule has 1 amide bonds. The van der Waals surface area contributed by atoms with Gasteiger partial charge in [0.25, 0.3) is 0 Å². The van der Waals surface area contributed by atoms with Gasteiger partial charge in [-0.05, 0) is 36.8 Å². The number of amides is 1. The van der Waals surface area contributed by atoms with Crippen LogP contribution in [0.2, 0.25) is 10.0 Å². The van der Waals surface area contributed by atoms with Crippen LogP contribution in [-0.2, 0) is 4.79 Å². The van der Waals surface area contributed by atoms with E-state index in [9.17, 15) is 4.79 Å². The Morgan fingerprint density at radius 3 is 2.50 bits per heavy atom. The molecule has 0 atom stereocenters. The van der Waals surface area contributed by atoms with E-state index in [-0.39, 0.29) is 5.91 Å². The number of rotatable bonds is 8. The first-order valence-corrected chi connectivity index (χ1v) is 11.7. The van der Waals surface area contributed by atoms with E-state index in [1.807, 2.05) is 47.8 Å². The minimum Gasteiger partial charge on any atom is -0.492 e. The van der Waals surface area contributed by atoms with Gasteiger partial charge in [0, 0.05) is 33.6 Å². The molecular formula is C25H20Cl2N2O2S. The van der Waals surface area contributed by atoms with Gasteiger partial charge in [0.15, 0.2) is 0 Å². The number of hydrogen-bond donors (Lipinski definition) is 1. The summed E-state index contributed by atoms with van der Waals surface area (Å²) in [4.78, 5) is 17.0. The number of carbonyl (C=O) groups excluding carboxylic acids is 1. The topological polar surface area (TPSA) is 51.2 Å². The summed E-state index contributed by atoms with van der Waals surface area (Å²) >= 11 is 13.6. The predicted octanol–water partition coefficient (Wildman–Crippen LogP) is 7.58. The zero-order valence-corrected chi connectivity index (χ0v) is 19.4. The molecule has 0 saturated carbocycles. The second-order valence-corrected chi connectivity index (χ2v) is 8.76. The summed E-state index contributed by atoms with van der Waals surface area (Å²) in [6.45, 7) is 0.390. The molecule has 1 aromatic heterocycles. The van der Waals surface area contributed by atoms with Crippen molar-refractivity contribution in [2.75, 3.05) is 11.9 Å². The van der Waals surface area contributed by atoms with Gasteiger partial charge < -0.3 is 10.1 Å². The molecule has 0 aliphatic rings. The van der Waals surface area contributed by atoms with E-state index >= 15 is 0 Å². The van der Waals surface area contributed by atoms with E-state index in [1.165, 1.54) is 0 Å². The molecule has 7 heteroatoms. The monoisotopic (exact) mass is 482 g/mol. The molecule has 1 heterocycles. The maximum Gasteiger partial charge on any atom is 0.224 e. The lowest BCUT2D eigenvalue weighted by molar-refractivity contribution is -0.116. The van der Waals surface area contributed by atoms with Crippen molar-refractivity contribution in [1.82, 2.24) is 4.98 Å². The van der Waals surface area contributed by atoms with E-state index in [1.54, 1.807) is 29.5 Å². The summed E-state index contributed by atoms with van der Waals surface area (Å²) in [5.74, 6) is 0.494. The Balaban J connectivity index is 1.26. The van der Waals surface area contributed by atoms with Crippen LogP contribution < -0.4 is 10.1 Å². The maximum atomic E-state index is 12.2. The number of carbonyl (C=O) groups is 1. The number of halogens is 2. The normalized spacial score (nSPS) is 10.7. The summed E-state index contributed by atoms with van der Waals surface area (Å²) in [5, 5.41) is 6.96. The predicted molar refractivity (Wildman–Crippen MR) is 133 cm³/mol. The van der Waals surface area contributed by atoms with Crippen LogP contribution in [0.15, 0.2) is 78.2 Å². The van der Waals surface area contributed by atoms with Gasteiger partial charge >= 0.3 is 0 Å². The Morgan fingerprint density at radius 1 is 0.969 bits per heavy atom. The second kappa shape index (κ2) is 10.6. The second-order valence-electron chi connectivity index (χ2n) is 7.06. The zero-order chi connectivity index (χ0) is 22.3. The molecular weight excluding hydrogens is 463 g/mol. The number of anilines is 1. The molecule has 0 saturated heterocycles. The lowest BCUT2D eigenvalue weighted by Gasteiger charge is -2.09. The summed E-state index contributed by atoms with van der Waals surface area (Å²) in [7, 11) is 0. The third-order valence-corrected chi connectivity index (χ3v) is 6.11. The first-order chi connectivity index (χ1) is 15.6. The highest BCUT2D eigenvalue weighted by molar-refractivity contribution is 7.13. The van der Waals surface area contributed by atoms with E-state index in [2.05, 4.69) is 17.4 Å². The van der Waals surface area contributed by atoms with Gasteiger partial charge in [-0.2, -0.15) is 0 Å². The van der Waals surface area contributed by atoms with Crippen LogP contribution in [0.3, 0.4) is 0 Å². The van der Waals surface area contributed by atoms with Crippen LogP contribution in [0.25, 0.3) is 21.8 Å². The van der Waals surface area contributed by atoms with Crippen LogP contribution in [-0.4, -0.2) is 17.5 Å². The van der Waals surface area contributed by atoms with Crippen molar-refractivity contribution in [2.45, 2.75) is 12.8 Å². The average Bonchev–Trinajstić information content (AvgIpc) is 3.29. The van der Waals surface area contributed by atoms with Crippen molar-refractivity contribution in [3.8, 4) is 27.6 Å². The van der Waals surface area contributed by atoms with Crippen molar-refractivity contribution in [2.24, 2.45) is 0 Å². The molecule has 4 aromatic rings. The minimum absolute atomic E-state index is 0.0661. The molecule has 4 rings (SSSR count). The fraction of sp³-hybridized carbons (Fsp3) is 0.120. The maximum absolute atomic E-state index is 12.2. The summed E-state index contributed by atoms with van der Waals surface area (Å²) in [6, 6.07) is 22.9. The zero-order valence-electron chi connectivity index (χ0n) is 17.1. The van der Waals surface area contributed by atoms with Crippen molar-refractivity contribution in [3.63, 3.8) is 0 Å². The quantitative estimate of drug-likeness (QED) is 0.263. The van der Waals surface area contributed by atoms with Crippen LogP contribution in [0.1, 0.15) is 12.8 Å². The molecule has 0 radical (unpaired) electrons. The van der Waals surface area contributed by atoms with Gasteiger partial charge in [-0.25, -0.2) is 4.98 Å². The van der Waals surface area contributed by atoms with Crippen LogP contribution in [0.4, 0.5) is 5.69 Å². The van der Waals surface area contributed by atoms with Crippen molar-refractivity contribution < 1.29 is 9.53 Å². The van der Waals surface area contributed by atoms with Gasteiger partial charge in [0.2, 0.25) is 5.91 Å². The molecule has 4 nitrogen and oxygen atoms in total. The van der Waals surface area contributed by atoms with Crippen LogP contribution in [0.5, 0.6) is 5.75 Å². The molecule has 0 aliphatic heterocycles. The van der Waals surface area contributed by atoms with Gasteiger partial charge in [0.05, 0.1) is 17.3 Å². The van der Waals surface area contributed by atoms with Gasteiger partial charge in [0.1, 0.15) is 10.8 Å². The number of thiazole rings is 1. The average molecular weight is 483 g/mol. The first-order valence-electron chi connectivity index (χ1n) is 10.1. The fourth-order valence-corrected chi connectivity index (χ4v) is 4.37. The number of benzene rings is 3. The number of aromatic nitrogens is 1. The molecule has 0 aliphatic carbocycles. The molecule has 0 unspecified atom stereocenters. The van der Waals surface area contributed by atoms with Crippen molar-refractivity contribution in [1.29, 1.82) is 0 Å². The Hall–Kier alpha value is -2.86. The van der Waals surface area contributed by atoms with Gasteiger partial charge in [-0.15, -0.1) is 11.3 Å². The Kier molecular flexibility index (Phi) is 7.43. The Morgan fingerprint density at radius 2 is 1.75 bits per heavy atom. The van der Waals surface area contributed by atoms with Gasteiger partial charge in [-0.1, -0.05) is 65.7 Å². The lowest BCUT2D eigenvalue weighted by Crippen LogP contribution is -2.12. The Bertz CT molecular complexity index is 1190. The molecule has 162 valence electrons.